The van der Waals surface area contributed by atoms with Crippen molar-refractivity contribution in [2.75, 3.05) is 13.1 Å². The second-order valence-electron chi connectivity index (χ2n) is 5.77. The maximum atomic E-state index is 11.9. The van der Waals surface area contributed by atoms with Gasteiger partial charge in [-0.1, -0.05) is 13.8 Å². The number of carbonyl (C=O) groups excluding carboxylic acids is 1. The summed E-state index contributed by atoms with van der Waals surface area (Å²) in [7, 11) is 0. The van der Waals surface area contributed by atoms with Crippen molar-refractivity contribution in [2.24, 2.45) is 11.3 Å². The van der Waals surface area contributed by atoms with Crippen molar-refractivity contribution in [3.8, 4) is 0 Å². The molecule has 0 aromatic rings. The van der Waals surface area contributed by atoms with Gasteiger partial charge in [0.05, 0.1) is 6.42 Å². The normalized spacial score (nSPS) is 26.2. The largest absolute Gasteiger partial charge is 0.481 e. The molecular weight excluding hydrogens is 220 g/mol. The van der Waals surface area contributed by atoms with Gasteiger partial charge in [0, 0.05) is 24.5 Å². The number of carbonyl (C=O) groups is 2. The van der Waals surface area contributed by atoms with Gasteiger partial charge in [0.25, 0.3) is 0 Å². The summed E-state index contributed by atoms with van der Waals surface area (Å²) in [6.07, 6.45) is 2.41. The van der Waals surface area contributed by atoms with Gasteiger partial charge in [0.15, 0.2) is 0 Å². The van der Waals surface area contributed by atoms with Gasteiger partial charge in [0.2, 0.25) is 0 Å². The van der Waals surface area contributed by atoms with Crippen LogP contribution in [-0.2, 0) is 4.79 Å². The van der Waals surface area contributed by atoms with E-state index in [1.165, 1.54) is 12.8 Å². The van der Waals surface area contributed by atoms with Crippen LogP contribution in [0, 0.1) is 11.3 Å². The molecule has 0 spiro atoms. The van der Waals surface area contributed by atoms with E-state index in [0.29, 0.717) is 12.0 Å². The third kappa shape index (κ3) is 2.53. The van der Waals surface area contributed by atoms with E-state index >= 15 is 0 Å². The van der Waals surface area contributed by atoms with Crippen LogP contribution >= 0.6 is 0 Å². The Labute approximate surface area is 101 Å². The van der Waals surface area contributed by atoms with E-state index in [2.05, 4.69) is 19.2 Å². The Morgan fingerprint density at radius 3 is 2.53 bits per heavy atom. The zero-order valence-corrected chi connectivity index (χ0v) is 10.4. The molecule has 1 saturated carbocycles. The molecule has 5 heteroatoms. The second-order valence-corrected chi connectivity index (χ2v) is 5.77. The number of carboxylic acids is 1. The highest BCUT2D eigenvalue weighted by atomic mass is 16.4. The number of carboxylic acid groups (broad SMARTS) is 1. The van der Waals surface area contributed by atoms with Crippen LogP contribution in [0.1, 0.15) is 33.1 Å². The van der Waals surface area contributed by atoms with Crippen molar-refractivity contribution in [1.29, 1.82) is 0 Å². The molecule has 2 rings (SSSR count). The van der Waals surface area contributed by atoms with Crippen LogP contribution in [0.4, 0.5) is 4.79 Å². The summed E-state index contributed by atoms with van der Waals surface area (Å²) in [5.74, 6) is -0.225. The van der Waals surface area contributed by atoms with Gasteiger partial charge in [-0.25, -0.2) is 4.79 Å². The molecule has 0 aromatic carbocycles. The number of nitrogens with one attached hydrogen (secondary N) is 1. The van der Waals surface area contributed by atoms with Crippen LogP contribution in [0.15, 0.2) is 0 Å². The van der Waals surface area contributed by atoms with Gasteiger partial charge < -0.3 is 15.3 Å². The van der Waals surface area contributed by atoms with Crippen molar-refractivity contribution in [3.05, 3.63) is 0 Å². The van der Waals surface area contributed by atoms with Crippen LogP contribution in [0.25, 0.3) is 0 Å². The first kappa shape index (κ1) is 12.2. The molecule has 17 heavy (non-hydrogen) atoms. The average Bonchev–Trinajstić information content (AvgIpc) is 2.98. The molecule has 2 N–H and O–H groups in total. The van der Waals surface area contributed by atoms with E-state index in [9.17, 15) is 9.59 Å². The fourth-order valence-electron chi connectivity index (χ4n) is 2.82. The zero-order valence-electron chi connectivity index (χ0n) is 10.4. The second kappa shape index (κ2) is 4.20. The first-order valence-electron chi connectivity index (χ1n) is 6.18. The number of urea groups is 1. The Morgan fingerprint density at radius 2 is 2.06 bits per heavy atom. The number of nitrogens with zero attached hydrogens (tertiary/aromatic N) is 1. The Morgan fingerprint density at radius 1 is 1.41 bits per heavy atom. The van der Waals surface area contributed by atoms with Crippen LogP contribution in [0.5, 0.6) is 0 Å². The predicted molar refractivity (Wildman–Crippen MR) is 62.7 cm³/mol. The molecule has 1 atom stereocenters. The molecule has 1 heterocycles. The molecule has 1 unspecified atom stereocenters. The van der Waals surface area contributed by atoms with Gasteiger partial charge in [0.1, 0.15) is 0 Å². The number of hydrogen-bond acceptors (Lipinski definition) is 2. The van der Waals surface area contributed by atoms with Crippen LogP contribution in [0.3, 0.4) is 0 Å². The summed E-state index contributed by atoms with van der Waals surface area (Å²) in [4.78, 5) is 24.1. The summed E-state index contributed by atoms with van der Waals surface area (Å²) < 4.78 is 0. The number of amides is 2. The molecule has 5 nitrogen and oxygen atoms in total. The molecule has 2 fully saturated rings. The van der Waals surface area contributed by atoms with Crippen molar-refractivity contribution in [2.45, 2.75) is 39.2 Å². The van der Waals surface area contributed by atoms with E-state index in [4.69, 9.17) is 5.11 Å². The Bertz CT molecular complexity index is 337. The lowest BCUT2D eigenvalue weighted by Gasteiger charge is -2.54. The molecule has 1 aliphatic heterocycles. The average molecular weight is 240 g/mol. The first-order chi connectivity index (χ1) is 7.92. The van der Waals surface area contributed by atoms with Crippen LogP contribution in [-0.4, -0.2) is 41.1 Å². The van der Waals surface area contributed by atoms with Gasteiger partial charge in [-0.05, 0) is 18.8 Å². The van der Waals surface area contributed by atoms with Crippen molar-refractivity contribution < 1.29 is 14.7 Å². The number of likely N-dealkylation sites (tertiary alicyclic amines) is 1. The Hall–Kier alpha value is -1.26. The smallest absolute Gasteiger partial charge is 0.317 e. The molecule has 2 amide bonds. The lowest BCUT2D eigenvalue weighted by Crippen LogP contribution is -2.66. The van der Waals surface area contributed by atoms with Crippen molar-refractivity contribution >= 4 is 12.0 Å². The minimum absolute atomic E-state index is 0.0168. The lowest BCUT2D eigenvalue weighted by atomic mass is 9.72. The topological polar surface area (TPSA) is 69.6 Å². The SMILES string of the molecule is CC1(C)CN(C(=O)NCCC(=O)O)C1C1CC1. The molecular formula is C12H20N2O3. The monoisotopic (exact) mass is 240 g/mol. The standard InChI is InChI=1S/C12H20N2O3/c1-12(2)7-14(10(12)8-3-4-8)11(17)13-6-5-9(15)16/h8,10H,3-7H2,1-2H3,(H,13,17)(H,15,16). The maximum absolute atomic E-state index is 11.9. The minimum atomic E-state index is -0.881. The fourth-order valence-corrected chi connectivity index (χ4v) is 2.82. The molecule has 0 aromatic heterocycles. The molecule has 0 radical (unpaired) electrons. The number of aliphatic carboxylic acids is 1. The minimum Gasteiger partial charge on any atom is -0.481 e. The van der Waals surface area contributed by atoms with E-state index in [1.54, 1.807) is 0 Å². The molecule has 1 saturated heterocycles. The van der Waals surface area contributed by atoms with Crippen molar-refractivity contribution in [1.82, 2.24) is 10.2 Å². The molecule has 96 valence electrons. The highest BCUT2D eigenvalue weighted by Gasteiger charge is 2.54. The quantitative estimate of drug-likeness (QED) is 0.778. The van der Waals surface area contributed by atoms with E-state index in [1.807, 2.05) is 4.90 Å². The van der Waals surface area contributed by atoms with E-state index in [-0.39, 0.29) is 24.4 Å². The summed E-state index contributed by atoms with van der Waals surface area (Å²) in [5.41, 5.74) is 0.214. The highest BCUT2D eigenvalue weighted by molar-refractivity contribution is 5.76. The van der Waals surface area contributed by atoms with Gasteiger partial charge >= 0.3 is 12.0 Å². The van der Waals surface area contributed by atoms with E-state index in [0.717, 1.165) is 6.54 Å². The summed E-state index contributed by atoms with van der Waals surface area (Å²) in [6.45, 7) is 5.36. The van der Waals surface area contributed by atoms with Gasteiger partial charge in [-0.3, -0.25) is 4.79 Å². The maximum Gasteiger partial charge on any atom is 0.317 e. The van der Waals surface area contributed by atoms with Crippen molar-refractivity contribution in [3.63, 3.8) is 0 Å². The summed E-state index contributed by atoms with van der Waals surface area (Å²) >= 11 is 0. The third-order valence-electron chi connectivity index (χ3n) is 3.66. The summed E-state index contributed by atoms with van der Waals surface area (Å²) in [6, 6.07) is 0.231. The third-order valence-corrected chi connectivity index (χ3v) is 3.66. The van der Waals surface area contributed by atoms with Gasteiger partial charge in [-0.2, -0.15) is 0 Å². The molecule has 1 aliphatic carbocycles. The van der Waals surface area contributed by atoms with Gasteiger partial charge in [-0.15, -0.1) is 0 Å². The highest BCUT2D eigenvalue weighted by Crippen LogP contribution is 2.49. The molecule has 0 bridgehead atoms. The lowest BCUT2D eigenvalue weighted by molar-refractivity contribution is -0.136. The zero-order chi connectivity index (χ0) is 12.6. The predicted octanol–water partition coefficient (Wildman–Crippen LogP) is 1.29. The first-order valence-corrected chi connectivity index (χ1v) is 6.18. The summed E-state index contributed by atoms with van der Waals surface area (Å²) in [5, 5.41) is 11.2. The van der Waals surface area contributed by atoms with E-state index < -0.39 is 5.97 Å². The van der Waals surface area contributed by atoms with Crippen LogP contribution in [0.2, 0.25) is 0 Å². The Kier molecular flexibility index (Phi) is 3.02. The number of hydrogen-bond donors (Lipinski definition) is 2. The molecule has 2 aliphatic rings. The van der Waals surface area contributed by atoms with Crippen LogP contribution < -0.4 is 5.32 Å². The fraction of sp³-hybridized carbons (Fsp3) is 0.833. The Balaban J connectivity index is 1.82. The number of rotatable bonds is 4.